The van der Waals surface area contributed by atoms with Crippen LogP contribution in [0.2, 0.25) is 0 Å². The number of nitrogens with one attached hydrogen (secondary N) is 2. The third-order valence-electron chi connectivity index (χ3n) is 4.33. The predicted molar refractivity (Wildman–Crippen MR) is 87.3 cm³/mol. The van der Waals surface area contributed by atoms with Gasteiger partial charge in [0.2, 0.25) is 0 Å². The van der Waals surface area contributed by atoms with Gasteiger partial charge < -0.3 is 5.32 Å². The molecule has 0 radical (unpaired) electrons. The Labute approximate surface area is 134 Å². The molecule has 0 bridgehead atoms. The molecule has 0 spiro atoms. The van der Waals surface area contributed by atoms with Crippen LogP contribution in [0.1, 0.15) is 69.6 Å². The van der Waals surface area contributed by atoms with Crippen LogP contribution in [0, 0.1) is 13.8 Å². The minimum absolute atomic E-state index is 0.0409. The number of hydrogen-bond acceptors (Lipinski definition) is 4. The lowest BCUT2D eigenvalue weighted by Gasteiger charge is -2.15. The van der Waals surface area contributed by atoms with E-state index in [0.29, 0.717) is 5.69 Å². The number of rotatable bonds is 4. The number of carbonyl (C=O) groups is 1. The van der Waals surface area contributed by atoms with Gasteiger partial charge in [-0.15, -0.1) is 11.3 Å². The number of thiazole rings is 1. The second-order valence-corrected chi connectivity index (χ2v) is 7.10. The van der Waals surface area contributed by atoms with Crippen LogP contribution in [0.15, 0.2) is 0 Å². The molecule has 2 N–H and O–H groups in total. The molecule has 1 amide bonds. The Kier molecular flexibility index (Phi) is 4.29. The molecule has 1 atom stereocenters. The van der Waals surface area contributed by atoms with Crippen molar-refractivity contribution in [2.24, 2.45) is 0 Å². The Morgan fingerprint density at radius 3 is 2.82 bits per heavy atom. The molecule has 3 rings (SSSR count). The van der Waals surface area contributed by atoms with Crippen LogP contribution in [-0.4, -0.2) is 21.1 Å². The maximum atomic E-state index is 12.6. The number of aryl methyl sites for hydroxylation is 3. The van der Waals surface area contributed by atoms with E-state index >= 15 is 0 Å². The molecule has 0 saturated carbocycles. The smallest absolute Gasteiger partial charge is 0.272 e. The molecule has 5 nitrogen and oxygen atoms in total. The van der Waals surface area contributed by atoms with Crippen LogP contribution in [0.5, 0.6) is 0 Å². The van der Waals surface area contributed by atoms with E-state index in [-0.39, 0.29) is 11.9 Å². The highest BCUT2D eigenvalue weighted by Gasteiger charge is 2.24. The number of H-pyrrole nitrogens is 1. The Hall–Kier alpha value is -1.69. The molecule has 1 aliphatic carbocycles. The van der Waals surface area contributed by atoms with E-state index in [2.05, 4.69) is 34.3 Å². The summed E-state index contributed by atoms with van der Waals surface area (Å²) in [4.78, 5) is 18.4. The number of fused-ring (bicyclic) bond motifs is 1. The van der Waals surface area contributed by atoms with Gasteiger partial charge in [-0.05, 0) is 46.0 Å². The zero-order valence-corrected chi connectivity index (χ0v) is 14.1. The predicted octanol–water partition coefficient (Wildman–Crippen LogP) is 3.24. The van der Waals surface area contributed by atoms with Crippen LogP contribution in [0.25, 0.3) is 0 Å². The van der Waals surface area contributed by atoms with Gasteiger partial charge in [-0.25, -0.2) is 4.98 Å². The lowest BCUT2D eigenvalue weighted by molar-refractivity contribution is 0.0929. The van der Waals surface area contributed by atoms with Crippen LogP contribution < -0.4 is 5.32 Å². The van der Waals surface area contributed by atoms with E-state index in [0.717, 1.165) is 47.6 Å². The molecule has 0 saturated heterocycles. The summed E-state index contributed by atoms with van der Waals surface area (Å²) in [5.41, 5.74) is 3.85. The summed E-state index contributed by atoms with van der Waals surface area (Å²) in [5.74, 6) is -0.0863. The molecule has 0 aliphatic heterocycles. The van der Waals surface area contributed by atoms with Crippen molar-refractivity contribution in [2.45, 2.75) is 58.9 Å². The number of carbonyl (C=O) groups excluding carboxylic acids is 1. The lowest BCUT2D eigenvalue weighted by Crippen LogP contribution is -2.29. The van der Waals surface area contributed by atoms with Crippen molar-refractivity contribution in [3.63, 3.8) is 0 Å². The highest BCUT2D eigenvalue weighted by molar-refractivity contribution is 7.11. The van der Waals surface area contributed by atoms with Crippen molar-refractivity contribution < 1.29 is 4.79 Å². The van der Waals surface area contributed by atoms with E-state index in [1.165, 1.54) is 11.3 Å². The van der Waals surface area contributed by atoms with E-state index in [4.69, 9.17) is 0 Å². The van der Waals surface area contributed by atoms with E-state index in [1.807, 2.05) is 6.92 Å². The van der Waals surface area contributed by atoms with Gasteiger partial charge in [0, 0.05) is 16.1 Å². The fourth-order valence-corrected chi connectivity index (χ4v) is 3.94. The maximum absolute atomic E-state index is 12.6. The van der Waals surface area contributed by atoms with Gasteiger partial charge >= 0.3 is 0 Å². The highest BCUT2D eigenvalue weighted by atomic mass is 32.1. The van der Waals surface area contributed by atoms with Crippen molar-refractivity contribution >= 4 is 17.2 Å². The van der Waals surface area contributed by atoms with Crippen molar-refractivity contribution in [3.05, 3.63) is 32.5 Å². The van der Waals surface area contributed by atoms with Gasteiger partial charge in [-0.1, -0.05) is 6.92 Å². The minimum atomic E-state index is -0.0863. The summed E-state index contributed by atoms with van der Waals surface area (Å²) < 4.78 is 0. The number of aromatic nitrogens is 3. The Morgan fingerprint density at radius 1 is 1.36 bits per heavy atom. The fraction of sp³-hybridized carbons (Fsp3) is 0.562. The largest absolute Gasteiger partial charge is 0.341 e. The number of nitrogens with zero attached hydrogens (tertiary/aromatic N) is 2. The maximum Gasteiger partial charge on any atom is 0.272 e. The summed E-state index contributed by atoms with van der Waals surface area (Å²) >= 11 is 1.66. The zero-order chi connectivity index (χ0) is 15.7. The molecule has 22 heavy (non-hydrogen) atoms. The van der Waals surface area contributed by atoms with Gasteiger partial charge in [-0.2, -0.15) is 5.10 Å². The SMILES string of the molecule is CC[C@H](NC(=O)c1n[nH]c2c1CCCC2)c1nc(C)c(C)s1. The highest BCUT2D eigenvalue weighted by Crippen LogP contribution is 2.26. The second kappa shape index (κ2) is 6.20. The van der Waals surface area contributed by atoms with Gasteiger partial charge in [-0.3, -0.25) is 9.89 Å². The van der Waals surface area contributed by atoms with Crippen LogP contribution in [-0.2, 0) is 12.8 Å². The average Bonchev–Trinajstić information content (AvgIpc) is 3.09. The van der Waals surface area contributed by atoms with Gasteiger partial charge in [0.15, 0.2) is 5.69 Å². The standard InChI is InChI=1S/C16H22N4OS/c1-4-12(16-17-9(2)10(3)22-16)18-15(21)14-11-7-5-6-8-13(11)19-20-14/h12H,4-8H2,1-3H3,(H,18,21)(H,19,20)/t12-/m0/s1. The summed E-state index contributed by atoms with van der Waals surface area (Å²) in [6, 6.07) is -0.0409. The Balaban J connectivity index is 1.79. The van der Waals surface area contributed by atoms with Gasteiger partial charge in [0.25, 0.3) is 5.91 Å². The fourth-order valence-electron chi connectivity index (χ4n) is 2.88. The first kappa shape index (κ1) is 15.2. The lowest BCUT2D eigenvalue weighted by atomic mass is 9.95. The Morgan fingerprint density at radius 2 is 2.14 bits per heavy atom. The molecule has 1 aliphatic rings. The third kappa shape index (κ3) is 2.79. The first-order valence-electron chi connectivity index (χ1n) is 7.91. The first-order chi connectivity index (χ1) is 10.6. The quantitative estimate of drug-likeness (QED) is 0.909. The van der Waals surface area contributed by atoms with Crippen molar-refractivity contribution in [1.29, 1.82) is 0 Å². The van der Waals surface area contributed by atoms with Crippen molar-refractivity contribution in [3.8, 4) is 0 Å². The number of hydrogen-bond donors (Lipinski definition) is 2. The monoisotopic (exact) mass is 318 g/mol. The van der Waals surface area contributed by atoms with Crippen molar-refractivity contribution in [1.82, 2.24) is 20.5 Å². The summed E-state index contributed by atoms with van der Waals surface area (Å²) in [6.45, 7) is 6.14. The Bertz CT molecular complexity index is 669. The van der Waals surface area contributed by atoms with Crippen LogP contribution >= 0.6 is 11.3 Å². The summed E-state index contributed by atoms with van der Waals surface area (Å²) in [7, 11) is 0. The van der Waals surface area contributed by atoms with E-state index in [1.54, 1.807) is 11.3 Å². The number of amides is 1. The summed E-state index contributed by atoms with van der Waals surface area (Å²) in [6.07, 6.45) is 5.07. The molecule has 6 heteroatoms. The molecule has 118 valence electrons. The van der Waals surface area contributed by atoms with Gasteiger partial charge in [0.1, 0.15) is 5.01 Å². The topological polar surface area (TPSA) is 70.7 Å². The minimum Gasteiger partial charge on any atom is -0.341 e. The van der Waals surface area contributed by atoms with Crippen LogP contribution in [0.4, 0.5) is 0 Å². The van der Waals surface area contributed by atoms with E-state index in [9.17, 15) is 4.79 Å². The zero-order valence-electron chi connectivity index (χ0n) is 13.3. The van der Waals surface area contributed by atoms with Crippen LogP contribution in [0.3, 0.4) is 0 Å². The molecule has 0 fully saturated rings. The molecule has 0 unspecified atom stereocenters. The van der Waals surface area contributed by atoms with Gasteiger partial charge in [0.05, 0.1) is 11.7 Å². The first-order valence-corrected chi connectivity index (χ1v) is 8.72. The molecule has 2 aromatic rings. The number of aromatic amines is 1. The second-order valence-electron chi connectivity index (χ2n) is 5.86. The molecule has 0 aromatic carbocycles. The molecule has 2 heterocycles. The van der Waals surface area contributed by atoms with Crippen molar-refractivity contribution in [2.75, 3.05) is 0 Å². The third-order valence-corrected chi connectivity index (χ3v) is 5.51. The van der Waals surface area contributed by atoms with E-state index < -0.39 is 0 Å². The average molecular weight is 318 g/mol. The molecular weight excluding hydrogens is 296 g/mol. The normalized spacial score (nSPS) is 15.4. The summed E-state index contributed by atoms with van der Waals surface area (Å²) in [5, 5.41) is 11.4. The molecule has 2 aromatic heterocycles. The molecular formula is C16H22N4OS.